The number of carboxylic acids is 1. The van der Waals surface area contributed by atoms with Crippen LogP contribution in [0.15, 0.2) is 24.3 Å². The van der Waals surface area contributed by atoms with Crippen LogP contribution < -0.4 is 9.84 Å². The zero-order chi connectivity index (χ0) is 28.5. The monoisotopic (exact) mass is 535 g/mol. The Kier molecular flexibility index (Phi) is 22.9. The summed E-state index contributed by atoms with van der Waals surface area (Å²) in [6.45, 7) is 6.47. The maximum Gasteiger partial charge on any atom is 0.308 e. The molecular weight excluding hydrogens is 478 g/mol. The van der Waals surface area contributed by atoms with Gasteiger partial charge in [0.05, 0.1) is 33.7 Å². The summed E-state index contributed by atoms with van der Waals surface area (Å²) >= 11 is 0. The molecule has 0 aromatic heterocycles. The highest BCUT2D eigenvalue weighted by Gasteiger charge is 2.06. The Morgan fingerprint density at radius 2 is 1.16 bits per heavy atom. The second-order valence-electron chi connectivity index (χ2n) is 11.3. The van der Waals surface area contributed by atoms with Crippen molar-refractivity contribution in [3.8, 4) is 5.75 Å². The Labute approximate surface area is 233 Å². The van der Waals surface area contributed by atoms with Gasteiger partial charge in [0, 0.05) is 19.1 Å². The minimum Gasteiger partial charge on any atom is -0.545 e. The summed E-state index contributed by atoms with van der Waals surface area (Å²) in [5.74, 6) is -1.92. The molecule has 1 aromatic rings. The van der Waals surface area contributed by atoms with Crippen molar-refractivity contribution in [2.75, 3.05) is 40.9 Å². The molecule has 1 aromatic carbocycles. The number of esters is 1. The summed E-state index contributed by atoms with van der Waals surface area (Å²) in [6.07, 6.45) is 22.9. The molecule has 6 heteroatoms. The van der Waals surface area contributed by atoms with Crippen molar-refractivity contribution in [1.29, 1.82) is 0 Å². The van der Waals surface area contributed by atoms with E-state index in [0.29, 0.717) is 0 Å². The molecule has 0 unspecified atom stereocenters. The lowest BCUT2D eigenvalue weighted by Crippen LogP contribution is -2.37. The number of carbonyl (C=O) groups excluding carboxylic acids is 2. The van der Waals surface area contributed by atoms with Crippen molar-refractivity contribution in [2.45, 2.75) is 117 Å². The topological polar surface area (TPSA) is 75.7 Å². The minimum atomic E-state index is -1.36. The summed E-state index contributed by atoms with van der Waals surface area (Å²) in [5, 5.41) is 10.5. The summed E-state index contributed by atoms with van der Waals surface area (Å²) in [5.41, 5.74) is -0.127. The van der Waals surface area contributed by atoms with E-state index in [2.05, 4.69) is 32.8 Å². The van der Waals surface area contributed by atoms with Crippen molar-refractivity contribution in [2.24, 2.45) is 0 Å². The van der Waals surface area contributed by atoms with Crippen LogP contribution in [0, 0.1) is 0 Å². The number of unbranched alkanes of at least 4 members (excludes halogenated alkanes) is 15. The van der Waals surface area contributed by atoms with Crippen LogP contribution in [0.1, 0.15) is 127 Å². The number of likely N-dealkylation sites (N-methyl/N-ethyl adjacent to an activating group) is 1. The second kappa shape index (κ2) is 24.1. The molecule has 0 heterocycles. The quantitative estimate of drug-likeness (QED) is 0.0695. The number of quaternary nitrogens is 1. The highest BCUT2D eigenvalue weighted by molar-refractivity contribution is 5.90. The zero-order valence-corrected chi connectivity index (χ0v) is 25.2. The van der Waals surface area contributed by atoms with Crippen LogP contribution in [0.4, 0.5) is 0 Å². The molecule has 0 bridgehead atoms. The first-order valence-corrected chi connectivity index (χ1v) is 15.0. The van der Waals surface area contributed by atoms with E-state index in [0.717, 1.165) is 24.2 Å². The summed E-state index contributed by atoms with van der Waals surface area (Å²) in [4.78, 5) is 21.1. The molecule has 0 radical (unpaired) electrons. The van der Waals surface area contributed by atoms with Crippen LogP contribution in [0.25, 0.3) is 0 Å². The molecule has 0 saturated carbocycles. The number of carboxylic acid groups (broad SMARTS) is 1. The molecule has 0 atom stereocenters. The molecule has 6 nitrogen and oxygen atoms in total. The maximum absolute atomic E-state index is 10.6. The number of aromatic carboxylic acids is 1. The van der Waals surface area contributed by atoms with E-state index in [4.69, 9.17) is 4.74 Å². The fourth-order valence-electron chi connectivity index (χ4n) is 4.07. The fraction of sp³-hybridized carbons (Fsp3) is 0.750. The number of hydrogen-bond donors (Lipinski definition) is 0. The number of hydrogen-bond acceptors (Lipinski definition) is 5. The van der Waals surface area contributed by atoms with Gasteiger partial charge in [-0.15, -0.1) is 0 Å². The third kappa shape index (κ3) is 24.4. The predicted molar refractivity (Wildman–Crippen MR) is 155 cm³/mol. The normalized spacial score (nSPS) is 11.1. The average Bonchev–Trinajstić information content (AvgIpc) is 2.85. The maximum atomic E-state index is 10.6. The van der Waals surface area contributed by atoms with Gasteiger partial charge in [0.15, 0.2) is 0 Å². The van der Waals surface area contributed by atoms with E-state index in [1.54, 1.807) is 6.07 Å². The highest BCUT2D eigenvalue weighted by atomic mass is 16.5. The van der Waals surface area contributed by atoms with Crippen molar-refractivity contribution in [1.82, 2.24) is 0 Å². The first kappa shape index (κ1) is 36.1. The smallest absolute Gasteiger partial charge is 0.308 e. The SMILES string of the molecule is CC(=O)Oc1ccccc1C(=O)[O-].CCCCCCCCCCCCCCCCCCOCC[N+](C)(C)C. The molecule has 0 saturated heterocycles. The van der Waals surface area contributed by atoms with Crippen LogP contribution in [-0.4, -0.2) is 57.3 Å². The standard InChI is InChI=1S/C23H50NO.C9H8O4/c1-5-6-7-8-9-10-11-12-13-14-15-16-17-18-19-20-22-25-23-21-24(2,3)4;1-6(10)13-8-5-3-2-4-7(8)9(11)12/h5-23H2,1-4H3;2-5H,1H3,(H,11,12)/q+1;/p-1. The Hall–Kier alpha value is -1.92. The number of carbonyl (C=O) groups is 2. The molecule has 1 rings (SSSR count). The van der Waals surface area contributed by atoms with Crippen LogP contribution in [0.3, 0.4) is 0 Å². The molecular formula is C32H57NO5. The first-order chi connectivity index (χ1) is 18.2. The molecule has 0 spiro atoms. The molecule has 0 N–H and O–H groups in total. The summed E-state index contributed by atoms with van der Waals surface area (Å²) in [6, 6.07) is 5.81. The third-order valence-corrected chi connectivity index (χ3v) is 6.41. The molecule has 0 fully saturated rings. The highest BCUT2D eigenvalue weighted by Crippen LogP contribution is 2.17. The van der Waals surface area contributed by atoms with Crippen LogP contribution >= 0.6 is 0 Å². The van der Waals surface area contributed by atoms with Gasteiger partial charge in [0.1, 0.15) is 12.3 Å². The molecule has 0 aliphatic carbocycles. The zero-order valence-electron chi connectivity index (χ0n) is 25.2. The van der Waals surface area contributed by atoms with Gasteiger partial charge >= 0.3 is 5.97 Å². The van der Waals surface area contributed by atoms with E-state index in [1.807, 2.05) is 0 Å². The van der Waals surface area contributed by atoms with Crippen molar-refractivity contribution in [3.05, 3.63) is 29.8 Å². The van der Waals surface area contributed by atoms with Gasteiger partial charge in [-0.3, -0.25) is 4.79 Å². The van der Waals surface area contributed by atoms with Gasteiger partial charge in [-0.25, -0.2) is 0 Å². The van der Waals surface area contributed by atoms with E-state index in [9.17, 15) is 14.7 Å². The molecule has 0 aliphatic heterocycles. The number of rotatable bonds is 22. The summed E-state index contributed by atoms with van der Waals surface area (Å²) in [7, 11) is 6.66. The molecule has 0 aliphatic rings. The number of para-hydroxylation sites is 1. The fourth-order valence-corrected chi connectivity index (χ4v) is 4.07. The number of nitrogens with zero attached hydrogens (tertiary/aromatic N) is 1. The van der Waals surface area contributed by atoms with Gasteiger partial charge in [-0.2, -0.15) is 0 Å². The number of benzene rings is 1. The van der Waals surface area contributed by atoms with Crippen molar-refractivity contribution in [3.63, 3.8) is 0 Å². The van der Waals surface area contributed by atoms with E-state index in [-0.39, 0.29) is 11.3 Å². The lowest BCUT2D eigenvalue weighted by atomic mass is 10.0. The van der Waals surface area contributed by atoms with E-state index in [1.165, 1.54) is 128 Å². The average molecular weight is 536 g/mol. The Morgan fingerprint density at radius 1 is 0.711 bits per heavy atom. The van der Waals surface area contributed by atoms with Crippen LogP contribution in [0.5, 0.6) is 5.75 Å². The largest absolute Gasteiger partial charge is 0.545 e. The van der Waals surface area contributed by atoms with Gasteiger partial charge in [-0.1, -0.05) is 115 Å². The van der Waals surface area contributed by atoms with Gasteiger partial charge < -0.3 is 23.9 Å². The van der Waals surface area contributed by atoms with Crippen LogP contribution in [0.2, 0.25) is 0 Å². The van der Waals surface area contributed by atoms with E-state index >= 15 is 0 Å². The molecule has 0 amide bonds. The Bertz CT molecular complexity index is 714. The van der Waals surface area contributed by atoms with Gasteiger partial charge in [0.2, 0.25) is 0 Å². The molecule has 38 heavy (non-hydrogen) atoms. The van der Waals surface area contributed by atoms with Gasteiger partial charge in [-0.05, 0) is 18.6 Å². The summed E-state index contributed by atoms with van der Waals surface area (Å²) < 4.78 is 11.4. The Morgan fingerprint density at radius 3 is 1.58 bits per heavy atom. The number of ether oxygens (including phenoxy) is 2. The second-order valence-corrected chi connectivity index (χ2v) is 11.3. The first-order valence-electron chi connectivity index (χ1n) is 15.0. The molecule has 220 valence electrons. The lowest BCUT2D eigenvalue weighted by Gasteiger charge is -2.23. The third-order valence-electron chi connectivity index (χ3n) is 6.41. The van der Waals surface area contributed by atoms with Gasteiger partial charge in [0.25, 0.3) is 0 Å². The van der Waals surface area contributed by atoms with Crippen LogP contribution in [-0.2, 0) is 9.53 Å². The minimum absolute atomic E-state index is 0.00926. The van der Waals surface area contributed by atoms with Crippen molar-refractivity contribution < 1.29 is 28.7 Å². The van der Waals surface area contributed by atoms with Crippen molar-refractivity contribution >= 4 is 11.9 Å². The Balaban J connectivity index is 0.000000875. The predicted octanol–water partition coefficient (Wildman–Crippen LogP) is 6.95. The van der Waals surface area contributed by atoms with E-state index < -0.39 is 11.9 Å². The lowest BCUT2D eigenvalue weighted by molar-refractivity contribution is -0.870.